The highest BCUT2D eigenvalue weighted by atomic mass is 35.5. The van der Waals surface area contributed by atoms with Gasteiger partial charge in [-0.3, -0.25) is 14.3 Å². The van der Waals surface area contributed by atoms with Gasteiger partial charge in [0.1, 0.15) is 24.7 Å². The third-order valence-corrected chi connectivity index (χ3v) is 7.91. The van der Waals surface area contributed by atoms with Crippen LogP contribution < -0.4 is 14.8 Å². The summed E-state index contributed by atoms with van der Waals surface area (Å²) < 4.78 is 32.4. The fourth-order valence-corrected chi connectivity index (χ4v) is 6.04. The molecule has 2 aromatic carbocycles. The quantitative estimate of drug-likeness (QED) is 0.315. The van der Waals surface area contributed by atoms with Gasteiger partial charge in [-0.1, -0.05) is 43.6 Å². The van der Waals surface area contributed by atoms with E-state index in [1.165, 1.54) is 11.2 Å². The summed E-state index contributed by atoms with van der Waals surface area (Å²) in [5.41, 5.74) is 1.83. The summed E-state index contributed by atoms with van der Waals surface area (Å²) in [6.07, 6.45) is 5.23. The SMILES string of the molecule is CC(C)C[C@H](NS(=O)(=O)Nc1ccccc1)C(=O)N1CCCC[C@H]1C(=O)NCc1cc(Cl)ccc1-n1cncn1. The Bertz CT molecular complexity index is 1400. The minimum Gasteiger partial charge on any atom is -0.350 e. The van der Waals surface area contributed by atoms with Crippen LogP contribution in [-0.2, 0) is 26.3 Å². The average molecular weight is 588 g/mol. The van der Waals surface area contributed by atoms with Gasteiger partial charge in [0.15, 0.2) is 0 Å². The van der Waals surface area contributed by atoms with E-state index in [1.807, 2.05) is 13.8 Å². The summed E-state index contributed by atoms with van der Waals surface area (Å²) in [6.45, 7) is 4.35. The maximum atomic E-state index is 13.8. The highest BCUT2D eigenvalue weighted by Crippen LogP contribution is 2.22. The van der Waals surface area contributed by atoms with Gasteiger partial charge in [-0.2, -0.15) is 18.2 Å². The summed E-state index contributed by atoms with van der Waals surface area (Å²) in [4.78, 5) is 32.7. The van der Waals surface area contributed by atoms with Crippen LogP contribution in [0.25, 0.3) is 5.69 Å². The number of nitrogens with zero attached hydrogens (tertiary/aromatic N) is 4. The van der Waals surface area contributed by atoms with Crippen molar-refractivity contribution in [2.75, 3.05) is 11.3 Å². The van der Waals surface area contributed by atoms with Gasteiger partial charge in [0.05, 0.1) is 5.69 Å². The smallest absolute Gasteiger partial charge is 0.299 e. The molecule has 2 atom stereocenters. The van der Waals surface area contributed by atoms with Gasteiger partial charge in [-0.15, -0.1) is 0 Å². The number of benzene rings is 2. The Morgan fingerprint density at radius 3 is 2.60 bits per heavy atom. The Hall–Kier alpha value is -3.48. The fourth-order valence-electron chi connectivity index (χ4n) is 4.77. The van der Waals surface area contributed by atoms with E-state index in [2.05, 4.69) is 24.8 Å². The summed E-state index contributed by atoms with van der Waals surface area (Å²) in [7, 11) is -4.05. The lowest BCUT2D eigenvalue weighted by Gasteiger charge is -2.37. The third kappa shape index (κ3) is 7.80. The number of rotatable bonds is 11. The number of aromatic nitrogens is 3. The Morgan fingerprint density at radius 1 is 1.12 bits per heavy atom. The molecule has 13 heteroatoms. The summed E-state index contributed by atoms with van der Waals surface area (Å²) in [6, 6.07) is 12.0. The highest BCUT2D eigenvalue weighted by molar-refractivity contribution is 7.90. The van der Waals surface area contributed by atoms with Crippen LogP contribution >= 0.6 is 11.6 Å². The van der Waals surface area contributed by atoms with E-state index in [4.69, 9.17) is 11.6 Å². The zero-order chi connectivity index (χ0) is 28.7. The maximum Gasteiger partial charge on any atom is 0.299 e. The van der Waals surface area contributed by atoms with Crippen LogP contribution in [0.3, 0.4) is 0 Å². The third-order valence-electron chi connectivity index (χ3n) is 6.58. The number of hydrogen-bond donors (Lipinski definition) is 3. The van der Waals surface area contributed by atoms with Crippen LogP contribution in [0.4, 0.5) is 5.69 Å². The number of para-hydroxylation sites is 1. The molecule has 0 aliphatic carbocycles. The number of carbonyl (C=O) groups excluding carboxylic acids is 2. The van der Waals surface area contributed by atoms with E-state index in [-0.39, 0.29) is 24.8 Å². The minimum absolute atomic E-state index is 0.0310. The first kappa shape index (κ1) is 29.5. The molecule has 3 aromatic rings. The number of amides is 2. The van der Waals surface area contributed by atoms with Crippen molar-refractivity contribution in [1.29, 1.82) is 0 Å². The zero-order valence-electron chi connectivity index (χ0n) is 22.5. The number of hydrogen-bond acceptors (Lipinski definition) is 6. The molecule has 214 valence electrons. The molecule has 4 rings (SSSR count). The second kappa shape index (κ2) is 13.2. The number of piperidine rings is 1. The van der Waals surface area contributed by atoms with Crippen molar-refractivity contribution in [3.05, 3.63) is 71.8 Å². The molecule has 11 nitrogen and oxygen atoms in total. The van der Waals surface area contributed by atoms with Gasteiger partial charge in [-0.25, -0.2) is 9.67 Å². The van der Waals surface area contributed by atoms with Gasteiger partial charge in [-0.05, 0) is 67.5 Å². The molecule has 0 radical (unpaired) electrons. The lowest BCUT2D eigenvalue weighted by molar-refractivity contribution is -0.143. The molecular weight excluding hydrogens is 554 g/mol. The predicted octanol–water partition coefficient (Wildman–Crippen LogP) is 3.28. The summed E-state index contributed by atoms with van der Waals surface area (Å²) in [5.74, 6) is -0.701. The molecule has 40 heavy (non-hydrogen) atoms. The first-order chi connectivity index (χ1) is 19.1. The summed E-state index contributed by atoms with van der Waals surface area (Å²) >= 11 is 6.22. The van der Waals surface area contributed by atoms with Gasteiger partial charge in [0.2, 0.25) is 11.8 Å². The zero-order valence-corrected chi connectivity index (χ0v) is 24.0. The van der Waals surface area contributed by atoms with Crippen molar-refractivity contribution in [1.82, 2.24) is 29.7 Å². The normalized spacial score (nSPS) is 16.5. The molecule has 3 N–H and O–H groups in total. The molecule has 0 saturated carbocycles. The van der Waals surface area contributed by atoms with Crippen molar-refractivity contribution in [3.63, 3.8) is 0 Å². The van der Waals surface area contributed by atoms with Gasteiger partial charge >= 0.3 is 0 Å². The lowest BCUT2D eigenvalue weighted by Crippen LogP contribution is -2.58. The van der Waals surface area contributed by atoms with Crippen molar-refractivity contribution >= 4 is 39.3 Å². The molecule has 1 fully saturated rings. The lowest BCUT2D eigenvalue weighted by atomic mass is 9.97. The van der Waals surface area contributed by atoms with Gasteiger partial charge in [0, 0.05) is 23.8 Å². The maximum absolute atomic E-state index is 13.8. The Kier molecular flexibility index (Phi) is 9.77. The van der Waals surface area contributed by atoms with E-state index >= 15 is 0 Å². The molecule has 1 aliphatic heterocycles. The number of nitrogens with one attached hydrogen (secondary N) is 3. The fraction of sp³-hybridized carbons (Fsp3) is 0.407. The molecule has 0 bridgehead atoms. The number of anilines is 1. The molecule has 0 spiro atoms. The number of halogens is 1. The molecule has 1 aromatic heterocycles. The number of carbonyl (C=O) groups is 2. The predicted molar refractivity (Wildman–Crippen MR) is 153 cm³/mol. The van der Waals surface area contributed by atoms with Crippen molar-refractivity contribution in [2.45, 2.75) is 58.2 Å². The second-order valence-electron chi connectivity index (χ2n) is 10.1. The largest absolute Gasteiger partial charge is 0.350 e. The van der Waals surface area contributed by atoms with Crippen LogP contribution in [0.15, 0.2) is 61.2 Å². The first-order valence-corrected chi connectivity index (χ1v) is 15.1. The molecule has 2 heterocycles. The molecule has 1 aliphatic rings. The van der Waals surface area contributed by atoms with Gasteiger partial charge in [0.25, 0.3) is 10.2 Å². The number of likely N-dealkylation sites (tertiary alicyclic amines) is 1. The Balaban J connectivity index is 1.48. The Morgan fingerprint density at radius 2 is 1.90 bits per heavy atom. The van der Waals surface area contributed by atoms with Crippen molar-refractivity contribution in [3.8, 4) is 5.69 Å². The standard InChI is InChI=1S/C27H34ClN7O4S/c1-19(2)14-23(33-40(38,39)32-22-8-4-3-5-9-22)27(37)34-13-7-6-10-25(34)26(36)30-16-20-15-21(28)11-12-24(20)35-18-29-17-31-35/h3-5,8-9,11-12,15,17-19,23,25,32-33H,6-7,10,13-14,16H2,1-2H3,(H,30,36)/t23-,25-/m0/s1. The van der Waals surface area contributed by atoms with Crippen molar-refractivity contribution in [2.24, 2.45) is 5.92 Å². The first-order valence-electron chi connectivity index (χ1n) is 13.2. The molecule has 0 unspecified atom stereocenters. The van der Waals surface area contributed by atoms with E-state index in [0.717, 1.165) is 24.1 Å². The summed E-state index contributed by atoms with van der Waals surface area (Å²) in [5, 5.41) is 7.61. The molecular formula is C27H34ClN7O4S. The second-order valence-corrected chi connectivity index (χ2v) is 12.0. The van der Waals surface area contributed by atoms with Crippen LogP contribution in [0.1, 0.15) is 45.1 Å². The molecule has 2 amide bonds. The molecule has 1 saturated heterocycles. The van der Waals surface area contributed by atoms with Gasteiger partial charge < -0.3 is 10.2 Å². The average Bonchev–Trinajstić information content (AvgIpc) is 3.46. The monoisotopic (exact) mass is 587 g/mol. The topological polar surface area (TPSA) is 138 Å². The minimum atomic E-state index is -4.05. The van der Waals surface area contributed by atoms with E-state index in [9.17, 15) is 18.0 Å². The van der Waals surface area contributed by atoms with Crippen LogP contribution in [0.2, 0.25) is 5.02 Å². The van der Waals surface area contributed by atoms with Crippen LogP contribution in [0.5, 0.6) is 0 Å². The van der Waals surface area contributed by atoms with E-state index in [0.29, 0.717) is 23.7 Å². The van der Waals surface area contributed by atoms with E-state index in [1.54, 1.807) is 59.5 Å². The van der Waals surface area contributed by atoms with Crippen molar-refractivity contribution < 1.29 is 18.0 Å². The van der Waals surface area contributed by atoms with Crippen LogP contribution in [-0.4, -0.2) is 58.5 Å². The van der Waals surface area contributed by atoms with Crippen LogP contribution in [0, 0.1) is 5.92 Å². The van der Waals surface area contributed by atoms with E-state index < -0.39 is 28.2 Å². The highest BCUT2D eigenvalue weighted by Gasteiger charge is 2.37. The Labute approximate surface area is 239 Å².